The standard InChI is InChI=1S/C15H24FN3O/c1-11(2)18-10-12-4-7-17-15(14(12)16)19(3)13-5-8-20-9-6-13/h4,7,11,13,18H,5-6,8-10H2,1-3H3. The highest BCUT2D eigenvalue weighted by Gasteiger charge is 2.22. The molecule has 1 aliphatic heterocycles. The van der Waals surface area contributed by atoms with Gasteiger partial charge in [-0.2, -0.15) is 0 Å². The molecule has 1 aromatic rings. The zero-order valence-corrected chi connectivity index (χ0v) is 12.5. The van der Waals surface area contributed by atoms with Crippen molar-refractivity contribution in [2.75, 3.05) is 25.2 Å². The number of anilines is 1. The molecule has 0 atom stereocenters. The van der Waals surface area contributed by atoms with Crippen molar-refractivity contribution in [2.24, 2.45) is 0 Å². The van der Waals surface area contributed by atoms with Crippen LogP contribution < -0.4 is 10.2 Å². The van der Waals surface area contributed by atoms with Crippen LogP contribution in [-0.4, -0.2) is 37.3 Å². The summed E-state index contributed by atoms with van der Waals surface area (Å²) >= 11 is 0. The van der Waals surface area contributed by atoms with Crippen LogP contribution in [0.2, 0.25) is 0 Å². The molecule has 1 aromatic heterocycles. The Bertz CT molecular complexity index is 433. The van der Waals surface area contributed by atoms with E-state index >= 15 is 0 Å². The van der Waals surface area contributed by atoms with Crippen molar-refractivity contribution in [3.63, 3.8) is 0 Å². The van der Waals surface area contributed by atoms with Crippen LogP contribution in [0, 0.1) is 5.82 Å². The average molecular weight is 281 g/mol. The lowest BCUT2D eigenvalue weighted by Gasteiger charge is -2.32. The third-order valence-electron chi connectivity index (χ3n) is 3.72. The Labute approximate surface area is 120 Å². The Morgan fingerprint density at radius 2 is 2.15 bits per heavy atom. The number of halogens is 1. The van der Waals surface area contributed by atoms with E-state index in [9.17, 15) is 4.39 Å². The van der Waals surface area contributed by atoms with Crippen LogP contribution in [0.15, 0.2) is 12.3 Å². The number of nitrogens with one attached hydrogen (secondary N) is 1. The van der Waals surface area contributed by atoms with Gasteiger partial charge in [0.05, 0.1) is 0 Å². The largest absolute Gasteiger partial charge is 0.381 e. The van der Waals surface area contributed by atoms with Gasteiger partial charge in [0.25, 0.3) is 0 Å². The first-order valence-electron chi connectivity index (χ1n) is 7.27. The maximum absolute atomic E-state index is 14.6. The number of rotatable bonds is 5. The van der Waals surface area contributed by atoms with E-state index in [1.54, 1.807) is 12.3 Å². The molecule has 5 heteroatoms. The van der Waals surface area contributed by atoms with Gasteiger partial charge in [-0.25, -0.2) is 9.37 Å². The summed E-state index contributed by atoms with van der Waals surface area (Å²) in [6.07, 6.45) is 3.53. The molecule has 1 N–H and O–H groups in total. The Kier molecular flexibility index (Phi) is 5.31. The molecule has 0 aliphatic carbocycles. The smallest absolute Gasteiger partial charge is 0.170 e. The van der Waals surface area contributed by atoms with Crippen LogP contribution in [0.5, 0.6) is 0 Å². The second-order valence-electron chi connectivity index (χ2n) is 5.60. The molecular formula is C15H24FN3O. The lowest BCUT2D eigenvalue weighted by atomic mass is 10.1. The first-order chi connectivity index (χ1) is 9.59. The van der Waals surface area contributed by atoms with Crippen molar-refractivity contribution < 1.29 is 9.13 Å². The highest BCUT2D eigenvalue weighted by molar-refractivity contribution is 5.43. The molecule has 1 aliphatic rings. The minimum atomic E-state index is -0.213. The van der Waals surface area contributed by atoms with Gasteiger partial charge in [0, 0.05) is 50.7 Å². The third-order valence-corrected chi connectivity index (χ3v) is 3.72. The van der Waals surface area contributed by atoms with E-state index in [-0.39, 0.29) is 5.82 Å². The predicted octanol–water partition coefficient (Wildman–Crippen LogP) is 2.33. The van der Waals surface area contributed by atoms with E-state index in [0.29, 0.717) is 30.0 Å². The maximum atomic E-state index is 14.6. The SMILES string of the molecule is CC(C)NCc1ccnc(N(C)C2CCOCC2)c1F. The monoisotopic (exact) mass is 281 g/mol. The van der Waals surface area contributed by atoms with E-state index < -0.39 is 0 Å². The molecule has 0 radical (unpaired) electrons. The van der Waals surface area contributed by atoms with Gasteiger partial charge in [0.15, 0.2) is 11.6 Å². The summed E-state index contributed by atoms with van der Waals surface area (Å²) in [7, 11) is 1.92. The maximum Gasteiger partial charge on any atom is 0.170 e. The van der Waals surface area contributed by atoms with Crippen LogP contribution in [0.25, 0.3) is 0 Å². The summed E-state index contributed by atoms with van der Waals surface area (Å²) in [4.78, 5) is 6.18. The first-order valence-corrected chi connectivity index (χ1v) is 7.27. The number of ether oxygens (including phenoxy) is 1. The molecule has 20 heavy (non-hydrogen) atoms. The van der Waals surface area contributed by atoms with Gasteiger partial charge in [-0.3, -0.25) is 0 Å². The molecule has 2 heterocycles. The number of hydrogen-bond donors (Lipinski definition) is 1. The highest BCUT2D eigenvalue weighted by atomic mass is 19.1. The van der Waals surface area contributed by atoms with Crippen molar-refractivity contribution in [1.29, 1.82) is 0 Å². The van der Waals surface area contributed by atoms with Crippen LogP contribution in [0.4, 0.5) is 10.2 Å². The fourth-order valence-corrected chi connectivity index (χ4v) is 2.41. The number of hydrogen-bond acceptors (Lipinski definition) is 4. The van der Waals surface area contributed by atoms with Crippen LogP contribution in [-0.2, 0) is 11.3 Å². The van der Waals surface area contributed by atoms with E-state index in [1.807, 2.05) is 25.8 Å². The zero-order valence-electron chi connectivity index (χ0n) is 12.5. The Morgan fingerprint density at radius 1 is 1.45 bits per heavy atom. The highest BCUT2D eigenvalue weighted by Crippen LogP contribution is 2.23. The van der Waals surface area contributed by atoms with E-state index in [1.165, 1.54) is 0 Å². The summed E-state index contributed by atoms with van der Waals surface area (Å²) in [5.41, 5.74) is 0.669. The van der Waals surface area contributed by atoms with Crippen LogP contribution >= 0.6 is 0 Å². The predicted molar refractivity (Wildman–Crippen MR) is 78.4 cm³/mol. The molecule has 1 fully saturated rings. The van der Waals surface area contributed by atoms with Gasteiger partial charge < -0.3 is 15.0 Å². The third kappa shape index (κ3) is 3.67. The average Bonchev–Trinajstić information content (AvgIpc) is 2.46. The fourth-order valence-electron chi connectivity index (χ4n) is 2.41. The van der Waals surface area contributed by atoms with Gasteiger partial charge in [-0.05, 0) is 18.9 Å². The Balaban J connectivity index is 2.12. The van der Waals surface area contributed by atoms with Gasteiger partial charge in [-0.15, -0.1) is 0 Å². The molecule has 4 nitrogen and oxygen atoms in total. The van der Waals surface area contributed by atoms with E-state index in [2.05, 4.69) is 10.3 Å². The second kappa shape index (κ2) is 6.99. The quantitative estimate of drug-likeness (QED) is 0.899. The van der Waals surface area contributed by atoms with Crippen molar-refractivity contribution in [3.8, 4) is 0 Å². The number of nitrogens with zero attached hydrogens (tertiary/aromatic N) is 2. The van der Waals surface area contributed by atoms with Crippen molar-refractivity contribution >= 4 is 5.82 Å². The summed E-state index contributed by atoms with van der Waals surface area (Å²) in [5.74, 6) is 0.231. The molecule has 0 aromatic carbocycles. The van der Waals surface area contributed by atoms with E-state index in [0.717, 1.165) is 26.1 Å². The number of aromatic nitrogens is 1. The molecule has 0 amide bonds. The molecule has 0 saturated carbocycles. The summed E-state index contributed by atoms with van der Waals surface area (Å²) in [5, 5.41) is 3.24. The van der Waals surface area contributed by atoms with E-state index in [4.69, 9.17) is 4.74 Å². The van der Waals surface area contributed by atoms with Gasteiger partial charge in [-0.1, -0.05) is 13.8 Å². The zero-order chi connectivity index (χ0) is 14.5. The summed E-state index contributed by atoms with van der Waals surface area (Å²) in [6, 6.07) is 2.38. The lowest BCUT2D eigenvalue weighted by molar-refractivity contribution is 0.0852. The summed E-state index contributed by atoms with van der Waals surface area (Å²) < 4.78 is 19.9. The minimum Gasteiger partial charge on any atom is -0.381 e. The summed E-state index contributed by atoms with van der Waals surface area (Å²) in [6.45, 7) is 6.11. The Hall–Kier alpha value is -1.20. The minimum absolute atomic E-state index is 0.213. The van der Waals surface area contributed by atoms with Crippen molar-refractivity contribution in [3.05, 3.63) is 23.6 Å². The van der Waals surface area contributed by atoms with Gasteiger partial charge in [0.2, 0.25) is 0 Å². The van der Waals surface area contributed by atoms with Crippen molar-refractivity contribution in [1.82, 2.24) is 10.3 Å². The Morgan fingerprint density at radius 3 is 2.80 bits per heavy atom. The molecule has 0 bridgehead atoms. The van der Waals surface area contributed by atoms with Gasteiger partial charge >= 0.3 is 0 Å². The normalized spacial score (nSPS) is 16.6. The molecule has 0 unspecified atom stereocenters. The molecule has 0 spiro atoms. The van der Waals surface area contributed by atoms with Crippen molar-refractivity contribution in [2.45, 2.75) is 45.3 Å². The fraction of sp³-hybridized carbons (Fsp3) is 0.667. The first kappa shape index (κ1) is 15.2. The van der Waals surface area contributed by atoms with Crippen LogP contribution in [0.3, 0.4) is 0 Å². The topological polar surface area (TPSA) is 37.4 Å². The molecule has 1 saturated heterocycles. The lowest BCUT2D eigenvalue weighted by Crippen LogP contribution is -2.37. The van der Waals surface area contributed by atoms with Gasteiger partial charge in [0.1, 0.15) is 0 Å². The molecule has 2 rings (SSSR count). The number of pyridine rings is 1. The second-order valence-corrected chi connectivity index (χ2v) is 5.60. The van der Waals surface area contributed by atoms with Crippen LogP contribution in [0.1, 0.15) is 32.3 Å². The molecule has 112 valence electrons. The molecular weight excluding hydrogens is 257 g/mol.